The fraction of sp³-hybridized carbons (Fsp3) is 0.250. The van der Waals surface area contributed by atoms with E-state index in [1.165, 1.54) is 11.1 Å². The van der Waals surface area contributed by atoms with E-state index in [1.54, 1.807) is 26.4 Å². The third kappa shape index (κ3) is 2.71. The van der Waals surface area contributed by atoms with Gasteiger partial charge in [-0.15, -0.1) is 0 Å². The standard InChI is InChI=1S/C24H22N2O4/c1-29-21-9-5-8-17(24(21)30-2)23-19-12-14-6-3-4-7-16(14)22(19)18-13-15(26(27)28)10-11-20(18)25-23/h3-11,13,19,22-23,25H,12H2,1-2H3/t19-,22-,23+/m0/s1. The summed E-state index contributed by atoms with van der Waals surface area (Å²) in [5.41, 5.74) is 5.60. The monoisotopic (exact) mass is 402 g/mol. The summed E-state index contributed by atoms with van der Waals surface area (Å²) >= 11 is 0. The van der Waals surface area contributed by atoms with Gasteiger partial charge in [-0.05, 0) is 41.2 Å². The van der Waals surface area contributed by atoms with Gasteiger partial charge in [-0.1, -0.05) is 36.4 Å². The van der Waals surface area contributed by atoms with Gasteiger partial charge >= 0.3 is 0 Å². The molecule has 0 bridgehead atoms. The first-order valence-electron chi connectivity index (χ1n) is 9.96. The second-order valence-corrected chi connectivity index (χ2v) is 7.78. The van der Waals surface area contributed by atoms with Crippen molar-refractivity contribution in [2.24, 2.45) is 5.92 Å². The van der Waals surface area contributed by atoms with Crippen LogP contribution in [0.15, 0.2) is 60.7 Å². The number of benzene rings is 3. The number of ether oxygens (including phenoxy) is 2. The highest BCUT2D eigenvalue weighted by Gasteiger charge is 2.44. The molecular weight excluding hydrogens is 380 g/mol. The molecule has 3 aromatic rings. The average molecular weight is 402 g/mol. The maximum Gasteiger partial charge on any atom is 0.269 e. The predicted molar refractivity (Wildman–Crippen MR) is 114 cm³/mol. The fourth-order valence-corrected chi connectivity index (χ4v) is 5.13. The SMILES string of the molecule is COc1cccc([C@H]2Nc3ccc([N+](=O)[O-])cc3[C@@H]3c4ccccc4C[C@@H]32)c1OC. The van der Waals surface area contributed by atoms with Gasteiger partial charge in [0.05, 0.1) is 25.2 Å². The summed E-state index contributed by atoms with van der Waals surface area (Å²) in [7, 11) is 3.29. The first-order chi connectivity index (χ1) is 14.6. The molecule has 0 radical (unpaired) electrons. The Morgan fingerprint density at radius 2 is 1.77 bits per heavy atom. The molecule has 0 saturated heterocycles. The lowest BCUT2D eigenvalue weighted by Crippen LogP contribution is -2.30. The Morgan fingerprint density at radius 3 is 2.53 bits per heavy atom. The second-order valence-electron chi connectivity index (χ2n) is 7.78. The molecule has 1 N–H and O–H groups in total. The molecule has 1 aliphatic heterocycles. The summed E-state index contributed by atoms with van der Waals surface area (Å²) in [6.07, 6.45) is 0.890. The van der Waals surface area contributed by atoms with Gasteiger partial charge in [0.1, 0.15) is 0 Å². The van der Waals surface area contributed by atoms with Gasteiger partial charge in [-0.25, -0.2) is 0 Å². The third-order valence-corrected chi connectivity index (χ3v) is 6.36. The quantitative estimate of drug-likeness (QED) is 0.486. The number of methoxy groups -OCH3 is 2. The van der Waals surface area contributed by atoms with Gasteiger partial charge in [-0.2, -0.15) is 0 Å². The minimum absolute atomic E-state index is 0.0126. The topological polar surface area (TPSA) is 73.6 Å². The first kappa shape index (κ1) is 18.5. The zero-order chi connectivity index (χ0) is 20.8. The molecule has 3 aromatic carbocycles. The van der Waals surface area contributed by atoms with Crippen molar-refractivity contribution in [2.45, 2.75) is 18.4 Å². The Morgan fingerprint density at radius 1 is 0.967 bits per heavy atom. The van der Waals surface area contributed by atoms with Crippen molar-refractivity contribution in [3.8, 4) is 11.5 Å². The predicted octanol–water partition coefficient (Wildman–Crippen LogP) is 5.08. The number of nitro benzene ring substituents is 1. The molecule has 0 spiro atoms. The Kier molecular flexibility index (Phi) is 4.35. The van der Waals surface area contributed by atoms with Crippen LogP contribution in [-0.2, 0) is 6.42 Å². The van der Waals surface area contributed by atoms with E-state index in [1.807, 2.05) is 24.3 Å². The minimum Gasteiger partial charge on any atom is -0.493 e. The summed E-state index contributed by atoms with van der Waals surface area (Å²) in [4.78, 5) is 11.1. The van der Waals surface area contributed by atoms with Crippen LogP contribution in [0.4, 0.5) is 11.4 Å². The molecule has 5 rings (SSSR count). The van der Waals surface area contributed by atoms with E-state index in [4.69, 9.17) is 9.47 Å². The van der Waals surface area contributed by atoms with Crippen molar-refractivity contribution < 1.29 is 14.4 Å². The molecule has 0 amide bonds. The molecule has 6 heteroatoms. The number of hydrogen-bond acceptors (Lipinski definition) is 5. The van der Waals surface area contributed by atoms with Crippen molar-refractivity contribution in [2.75, 3.05) is 19.5 Å². The van der Waals surface area contributed by atoms with Crippen molar-refractivity contribution in [1.82, 2.24) is 0 Å². The van der Waals surface area contributed by atoms with E-state index in [2.05, 4.69) is 29.6 Å². The average Bonchev–Trinajstić information content (AvgIpc) is 3.17. The number of rotatable bonds is 4. The number of non-ortho nitro benzene ring substituents is 1. The number of nitrogens with zero attached hydrogens (tertiary/aromatic N) is 1. The number of fused-ring (bicyclic) bond motifs is 5. The molecular formula is C24H22N2O4. The van der Waals surface area contributed by atoms with Crippen molar-refractivity contribution in [1.29, 1.82) is 0 Å². The highest BCUT2D eigenvalue weighted by Crippen LogP contribution is 2.55. The third-order valence-electron chi connectivity index (χ3n) is 6.36. The Bertz CT molecular complexity index is 1140. The van der Waals surface area contributed by atoms with Crippen LogP contribution in [-0.4, -0.2) is 19.1 Å². The van der Waals surface area contributed by atoms with E-state index in [-0.39, 0.29) is 28.5 Å². The molecule has 1 aliphatic carbocycles. The van der Waals surface area contributed by atoms with Gasteiger partial charge in [0.15, 0.2) is 11.5 Å². The Balaban J connectivity index is 1.70. The zero-order valence-corrected chi connectivity index (χ0v) is 16.8. The van der Waals surface area contributed by atoms with Gasteiger partial charge < -0.3 is 14.8 Å². The van der Waals surface area contributed by atoms with E-state index in [9.17, 15) is 10.1 Å². The number of anilines is 1. The van der Waals surface area contributed by atoms with Crippen LogP contribution in [0, 0.1) is 16.0 Å². The Labute approximate surface area is 174 Å². The highest BCUT2D eigenvalue weighted by molar-refractivity contribution is 5.66. The highest BCUT2D eigenvalue weighted by atomic mass is 16.6. The second kappa shape index (κ2) is 7.06. The van der Waals surface area contributed by atoms with Crippen LogP contribution in [0.1, 0.15) is 34.2 Å². The smallest absolute Gasteiger partial charge is 0.269 e. The van der Waals surface area contributed by atoms with Crippen LogP contribution in [0.2, 0.25) is 0 Å². The summed E-state index contributed by atoms with van der Waals surface area (Å²) in [6, 6.07) is 19.4. The number of hydrogen-bond donors (Lipinski definition) is 1. The summed E-state index contributed by atoms with van der Waals surface area (Å²) in [6.45, 7) is 0. The first-order valence-corrected chi connectivity index (χ1v) is 9.96. The number of para-hydroxylation sites is 1. The molecule has 6 nitrogen and oxygen atoms in total. The van der Waals surface area contributed by atoms with Gasteiger partial charge in [0.25, 0.3) is 5.69 Å². The van der Waals surface area contributed by atoms with Gasteiger partial charge in [-0.3, -0.25) is 10.1 Å². The molecule has 152 valence electrons. The largest absolute Gasteiger partial charge is 0.493 e. The molecule has 0 fully saturated rings. The lowest BCUT2D eigenvalue weighted by molar-refractivity contribution is -0.384. The van der Waals surface area contributed by atoms with Crippen molar-refractivity contribution in [3.63, 3.8) is 0 Å². The Hall–Kier alpha value is -3.54. The minimum atomic E-state index is -0.326. The van der Waals surface area contributed by atoms with Crippen molar-refractivity contribution >= 4 is 11.4 Å². The lowest BCUT2D eigenvalue weighted by atomic mass is 9.75. The van der Waals surface area contributed by atoms with Crippen LogP contribution >= 0.6 is 0 Å². The van der Waals surface area contributed by atoms with Crippen LogP contribution in [0.5, 0.6) is 11.5 Å². The molecule has 30 heavy (non-hydrogen) atoms. The normalized spacial score (nSPS) is 21.1. The molecule has 1 heterocycles. The maximum atomic E-state index is 11.4. The van der Waals surface area contributed by atoms with Gasteiger partial charge in [0.2, 0.25) is 0 Å². The maximum absolute atomic E-state index is 11.4. The van der Waals surface area contributed by atoms with E-state index in [0.717, 1.165) is 29.0 Å². The lowest BCUT2D eigenvalue weighted by Gasteiger charge is -2.38. The summed E-state index contributed by atoms with van der Waals surface area (Å²) in [5, 5.41) is 15.1. The number of nitrogens with one attached hydrogen (secondary N) is 1. The van der Waals surface area contributed by atoms with E-state index < -0.39 is 0 Å². The molecule has 0 aromatic heterocycles. The summed E-state index contributed by atoms with van der Waals surface area (Å²) < 4.78 is 11.3. The molecule has 0 unspecified atom stereocenters. The molecule has 2 aliphatic rings. The number of nitro groups is 1. The van der Waals surface area contributed by atoms with Crippen LogP contribution < -0.4 is 14.8 Å². The fourth-order valence-electron chi connectivity index (χ4n) is 5.13. The summed E-state index contributed by atoms with van der Waals surface area (Å²) in [5.74, 6) is 1.70. The van der Waals surface area contributed by atoms with E-state index in [0.29, 0.717) is 5.75 Å². The zero-order valence-electron chi connectivity index (χ0n) is 16.8. The van der Waals surface area contributed by atoms with Crippen LogP contribution in [0.25, 0.3) is 0 Å². The van der Waals surface area contributed by atoms with Crippen molar-refractivity contribution in [3.05, 3.63) is 93.0 Å². The van der Waals surface area contributed by atoms with Crippen LogP contribution in [0.3, 0.4) is 0 Å². The van der Waals surface area contributed by atoms with E-state index >= 15 is 0 Å². The molecule has 3 atom stereocenters. The van der Waals surface area contributed by atoms with Gasteiger partial charge in [0, 0.05) is 29.3 Å². The molecule has 0 saturated carbocycles.